The maximum absolute atomic E-state index is 13.6. The van der Waals surface area contributed by atoms with Crippen molar-refractivity contribution in [3.8, 4) is 11.6 Å². The molecule has 3 aromatic rings. The lowest BCUT2D eigenvalue weighted by atomic mass is 10.3. The predicted octanol–water partition coefficient (Wildman–Crippen LogP) is 4.39. The van der Waals surface area contributed by atoms with Crippen LogP contribution in [0, 0.1) is 5.82 Å². The number of hydrogen-bond acceptors (Lipinski definition) is 4. The van der Waals surface area contributed by atoms with E-state index in [0.717, 1.165) is 14.7 Å². The maximum Gasteiger partial charge on any atom is 0.240 e. The number of aromatic nitrogens is 2. The van der Waals surface area contributed by atoms with Gasteiger partial charge in [-0.05, 0) is 29.6 Å². The average Bonchev–Trinajstić information content (AvgIpc) is 2.83. The number of hydrogen-bond donors (Lipinski definition) is 0. The lowest BCUT2D eigenvalue weighted by Gasteiger charge is -2.06. The van der Waals surface area contributed by atoms with Crippen molar-refractivity contribution >= 4 is 37.5 Å². The molecule has 0 N–H and O–H groups in total. The Hall–Kier alpha value is -1.53. The first kappa shape index (κ1) is 11.6. The summed E-state index contributed by atoms with van der Waals surface area (Å²) in [4.78, 5) is 8.14. The van der Waals surface area contributed by atoms with Crippen LogP contribution < -0.4 is 4.74 Å². The molecule has 1 aromatic carbocycles. The highest BCUT2D eigenvalue weighted by Gasteiger charge is 2.10. The van der Waals surface area contributed by atoms with Gasteiger partial charge in [-0.15, -0.1) is 11.3 Å². The van der Waals surface area contributed by atoms with E-state index >= 15 is 0 Å². The molecule has 0 amide bonds. The summed E-state index contributed by atoms with van der Waals surface area (Å²) in [5.41, 5.74) is 0.792. The van der Waals surface area contributed by atoms with Crippen LogP contribution in [0.1, 0.15) is 0 Å². The fourth-order valence-corrected chi connectivity index (χ4v) is 2.61. The number of thiophene rings is 1. The molecular weight excluding hydrogens is 319 g/mol. The zero-order chi connectivity index (χ0) is 12.5. The Kier molecular flexibility index (Phi) is 2.97. The van der Waals surface area contributed by atoms with Gasteiger partial charge >= 0.3 is 0 Å². The molecule has 18 heavy (non-hydrogen) atoms. The molecule has 0 aliphatic heterocycles. The van der Waals surface area contributed by atoms with Crippen molar-refractivity contribution < 1.29 is 9.13 Å². The third-order valence-electron chi connectivity index (χ3n) is 2.31. The van der Waals surface area contributed by atoms with Gasteiger partial charge in [0, 0.05) is 4.47 Å². The van der Waals surface area contributed by atoms with Crippen molar-refractivity contribution in [2.45, 2.75) is 0 Å². The number of ether oxygens (including phenoxy) is 1. The standard InChI is InChI=1S/C12H6BrFN2OS/c13-7-1-2-8(14)10(5-7)17-12-11-9(3-4-18-11)15-6-16-12/h1-6H. The summed E-state index contributed by atoms with van der Waals surface area (Å²) in [6.07, 6.45) is 1.40. The van der Waals surface area contributed by atoms with Crippen LogP contribution in [0.2, 0.25) is 0 Å². The summed E-state index contributed by atoms with van der Waals surface area (Å²) in [5, 5.41) is 1.89. The quantitative estimate of drug-likeness (QED) is 0.701. The number of benzene rings is 1. The molecule has 0 radical (unpaired) electrons. The molecular formula is C12H6BrFN2OS. The van der Waals surface area contributed by atoms with E-state index in [2.05, 4.69) is 25.9 Å². The highest BCUT2D eigenvalue weighted by molar-refractivity contribution is 9.10. The fourth-order valence-electron chi connectivity index (χ4n) is 1.50. The first-order valence-electron chi connectivity index (χ1n) is 5.05. The SMILES string of the molecule is Fc1ccc(Br)cc1Oc1ncnc2ccsc12. The molecule has 0 aliphatic rings. The Labute approximate surface area is 114 Å². The second-order valence-corrected chi connectivity index (χ2v) is 5.32. The van der Waals surface area contributed by atoms with Crippen LogP contribution in [-0.4, -0.2) is 9.97 Å². The molecule has 0 aliphatic carbocycles. The Morgan fingerprint density at radius 2 is 2.11 bits per heavy atom. The Bertz CT molecular complexity index is 716. The van der Waals surface area contributed by atoms with Gasteiger partial charge in [-0.3, -0.25) is 0 Å². The summed E-state index contributed by atoms with van der Waals surface area (Å²) < 4.78 is 20.7. The Morgan fingerprint density at radius 1 is 1.22 bits per heavy atom. The Morgan fingerprint density at radius 3 is 3.00 bits per heavy atom. The predicted molar refractivity (Wildman–Crippen MR) is 71.6 cm³/mol. The van der Waals surface area contributed by atoms with Gasteiger partial charge in [0.05, 0.1) is 5.52 Å². The number of fused-ring (bicyclic) bond motifs is 1. The molecule has 2 heterocycles. The van der Waals surface area contributed by atoms with Crippen LogP contribution in [0.3, 0.4) is 0 Å². The van der Waals surface area contributed by atoms with Crippen molar-refractivity contribution in [2.24, 2.45) is 0 Å². The first-order valence-corrected chi connectivity index (χ1v) is 6.72. The normalized spacial score (nSPS) is 10.8. The summed E-state index contributed by atoms with van der Waals surface area (Å²) in [6, 6.07) is 6.39. The van der Waals surface area contributed by atoms with Crippen LogP contribution in [0.4, 0.5) is 4.39 Å². The van der Waals surface area contributed by atoms with Crippen molar-refractivity contribution in [1.82, 2.24) is 9.97 Å². The van der Waals surface area contributed by atoms with E-state index in [9.17, 15) is 4.39 Å². The molecule has 6 heteroatoms. The van der Waals surface area contributed by atoms with Crippen molar-refractivity contribution in [1.29, 1.82) is 0 Å². The zero-order valence-corrected chi connectivity index (χ0v) is 11.3. The van der Waals surface area contributed by atoms with Crippen LogP contribution in [0.25, 0.3) is 10.2 Å². The van der Waals surface area contributed by atoms with E-state index in [1.54, 1.807) is 12.1 Å². The van der Waals surface area contributed by atoms with E-state index in [1.165, 1.54) is 23.7 Å². The average molecular weight is 325 g/mol. The molecule has 3 nitrogen and oxygen atoms in total. The smallest absolute Gasteiger partial charge is 0.240 e. The lowest BCUT2D eigenvalue weighted by Crippen LogP contribution is -1.91. The molecule has 0 spiro atoms. The lowest BCUT2D eigenvalue weighted by molar-refractivity contribution is 0.432. The van der Waals surface area contributed by atoms with Crippen molar-refractivity contribution in [2.75, 3.05) is 0 Å². The third-order valence-corrected chi connectivity index (χ3v) is 3.70. The minimum absolute atomic E-state index is 0.137. The maximum atomic E-state index is 13.6. The van der Waals surface area contributed by atoms with Gasteiger partial charge in [-0.1, -0.05) is 15.9 Å². The van der Waals surface area contributed by atoms with Crippen molar-refractivity contribution in [3.63, 3.8) is 0 Å². The largest absolute Gasteiger partial charge is 0.434 e. The van der Waals surface area contributed by atoms with E-state index in [-0.39, 0.29) is 5.75 Å². The highest BCUT2D eigenvalue weighted by Crippen LogP contribution is 2.32. The molecule has 0 saturated heterocycles. The van der Waals surface area contributed by atoms with Gasteiger partial charge in [0.15, 0.2) is 11.6 Å². The summed E-state index contributed by atoms with van der Waals surface area (Å²) >= 11 is 4.73. The van der Waals surface area contributed by atoms with E-state index in [1.807, 2.05) is 11.4 Å². The first-order chi connectivity index (χ1) is 8.74. The Balaban J connectivity index is 2.06. The van der Waals surface area contributed by atoms with Gasteiger partial charge in [0.25, 0.3) is 0 Å². The molecule has 0 bridgehead atoms. The minimum Gasteiger partial charge on any atom is -0.434 e. The van der Waals surface area contributed by atoms with Crippen LogP contribution in [0.15, 0.2) is 40.4 Å². The number of rotatable bonds is 2. The second kappa shape index (κ2) is 4.62. The van der Waals surface area contributed by atoms with Gasteiger partial charge in [-0.2, -0.15) is 0 Å². The fraction of sp³-hybridized carbons (Fsp3) is 0. The minimum atomic E-state index is -0.429. The molecule has 3 rings (SSSR count). The van der Waals surface area contributed by atoms with Crippen molar-refractivity contribution in [3.05, 3.63) is 46.3 Å². The monoisotopic (exact) mass is 324 g/mol. The molecule has 0 fully saturated rings. The van der Waals surface area contributed by atoms with Gasteiger partial charge in [-0.25, -0.2) is 14.4 Å². The zero-order valence-electron chi connectivity index (χ0n) is 8.93. The summed E-state index contributed by atoms with van der Waals surface area (Å²) in [7, 11) is 0. The topological polar surface area (TPSA) is 35.0 Å². The molecule has 90 valence electrons. The highest BCUT2D eigenvalue weighted by atomic mass is 79.9. The van der Waals surface area contributed by atoms with Gasteiger partial charge in [0.1, 0.15) is 11.0 Å². The van der Waals surface area contributed by atoms with Crippen LogP contribution in [-0.2, 0) is 0 Å². The van der Waals surface area contributed by atoms with E-state index in [4.69, 9.17) is 4.74 Å². The van der Waals surface area contributed by atoms with Crippen LogP contribution >= 0.6 is 27.3 Å². The van der Waals surface area contributed by atoms with E-state index < -0.39 is 5.82 Å². The molecule has 0 saturated carbocycles. The van der Waals surface area contributed by atoms with Gasteiger partial charge in [0.2, 0.25) is 5.88 Å². The van der Waals surface area contributed by atoms with E-state index in [0.29, 0.717) is 5.88 Å². The second-order valence-electron chi connectivity index (χ2n) is 3.49. The molecule has 0 unspecified atom stereocenters. The third kappa shape index (κ3) is 2.09. The molecule has 0 atom stereocenters. The summed E-state index contributed by atoms with van der Waals surface area (Å²) in [6.45, 7) is 0. The number of nitrogens with zero attached hydrogens (tertiary/aromatic N) is 2. The number of halogens is 2. The molecule has 2 aromatic heterocycles. The van der Waals surface area contributed by atoms with Crippen LogP contribution in [0.5, 0.6) is 11.6 Å². The van der Waals surface area contributed by atoms with Gasteiger partial charge < -0.3 is 4.74 Å². The summed E-state index contributed by atoms with van der Waals surface area (Å²) in [5.74, 6) is 0.0753.